The lowest BCUT2D eigenvalue weighted by atomic mass is 10.0. The lowest BCUT2D eigenvalue weighted by molar-refractivity contribution is 0.0948. The second-order valence-corrected chi connectivity index (χ2v) is 6.80. The van der Waals surface area contributed by atoms with E-state index >= 15 is 0 Å². The number of nitrogens with one attached hydrogen (secondary N) is 2. The van der Waals surface area contributed by atoms with E-state index in [1.807, 2.05) is 38.1 Å². The summed E-state index contributed by atoms with van der Waals surface area (Å²) in [6, 6.07) is 9.29. The monoisotopic (exact) mass is 339 g/mol. The zero-order chi connectivity index (χ0) is 18.4. The van der Waals surface area contributed by atoms with E-state index in [2.05, 4.69) is 29.5 Å². The van der Waals surface area contributed by atoms with Crippen LogP contribution in [0.4, 0.5) is 5.69 Å². The molecule has 132 valence electrons. The minimum atomic E-state index is -0.289. The molecule has 1 heterocycles. The van der Waals surface area contributed by atoms with E-state index in [1.165, 1.54) is 18.0 Å². The van der Waals surface area contributed by atoms with Crippen molar-refractivity contribution in [2.75, 3.05) is 11.9 Å². The number of pyridine rings is 1. The first-order chi connectivity index (χ1) is 11.9. The van der Waals surface area contributed by atoms with Gasteiger partial charge in [-0.1, -0.05) is 39.8 Å². The lowest BCUT2D eigenvalue weighted by Crippen LogP contribution is -2.27. The van der Waals surface area contributed by atoms with Crippen LogP contribution in [0.2, 0.25) is 0 Å². The van der Waals surface area contributed by atoms with Gasteiger partial charge >= 0.3 is 0 Å². The molecule has 2 aromatic rings. The van der Waals surface area contributed by atoms with Gasteiger partial charge in [-0.05, 0) is 35.6 Å². The largest absolute Gasteiger partial charge is 0.352 e. The maximum atomic E-state index is 12.4. The van der Waals surface area contributed by atoms with Gasteiger partial charge < -0.3 is 10.6 Å². The number of hydrogen-bond donors (Lipinski definition) is 2. The quantitative estimate of drug-likeness (QED) is 0.840. The number of nitrogens with zero attached hydrogens (tertiary/aromatic N) is 1. The molecular formula is C20H25N3O2. The molecule has 0 aliphatic rings. The van der Waals surface area contributed by atoms with E-state index in [0.29, 0.717) is 35.2 Å². The van der Waals surface area contributed by atoms with Gasteiger partial charge in [-0.25, -0.2) is 0 Å². The van der Waals surface area contributed by atoms with Crippen molar-refractivity contribution in [2.45, 2.75) is 33.6 Å². The molecule has 0 aliphatic carbocycles. The van der Waals surface area contributed by atoms with Crippen LogP contribution in [0.25, 0.3) is 0 Å². The SMILES string of the molecule is CC(C)CNC(=O)c1cncc(C(=O)Nc2ccc(C(C)C)cc2)c1. The Balaban J connectivity index is 2.06. The first kappa shape index (κ1) is 18.6. The summed E-state index contributed by atoms with van der Waals surface area (Å²) in [6.45, 7) is 8.86. The summed E-state index contributed by atoms with van der Waals surface area (Å²) in [7, 11) is 0. The zero-order valence-electron chi connectivity index (χ0n) is 15.2. The molecule has 0 fully saturated rings. The summed E-state index contributed by atoms with van der Waals surface area (Å²) in [4.78, 5) is 28.5. The minimum Gasteiger partial charge on any atom is -0.352 e. The fourth-order valence-electron chi connectivity index (χ4n) is 2.24. The van der Waals surface area contributed by atoms with Crippen LogP contribution >= 0.6 is 0 Å². The second-order valence-electron chi connectivity index (χ2n) is 6.80. The number of hydrogen-bond acceptors (Lipinski definition) is 3. The van der Waals surface area contributed by atoms with Crippen molar-refractivity contribution in [1.82, 2.24) is 10.3 Å². The Morgan fingerprint density at radius 2 is 1.56 bits per heavy atom. The normalized spacial score (nSPS) is 10.8. The van der Waals surface area contributed by atoms with Crippen LogP contribution in [-0.2, 0) is 0 Å². The van der Waals surface area contributed by atoms with Crippen LogP contribution in [-0.4, -0.2) is 23.3 Å². The number of anilines is 1. The number of carbonyl (C=O) groups is 2. The molecule has 1 aromatic carbocycles. The molecule has 0 bridgehead atoms. The second kappa shape index (κ2) is 8.42. The Morgan fingerprint density at radius 1 is 0.960 bits per heavy atom. The Hall–Kier alpha value is -2.69. The van der Waals surface area contributed by atoms with Gasteiger partial charge in [0.25, 0.3) is 11.8 Å². The minimum absolute atomic E-state index is 0.225. The van der Waals surface area contributed by atoms with Crippen LogP contribution in [0.5, 0.6) is 0 Å². The first-order valence-electron chi connectivity index (χ1n) is 8.51. The summed E-state index contributed by atoms with van der Waals surface area (Å²) in [5.74, 6) is 0.285. The number of amides is 2. The molecule has 0 saturated heterocycles. The average Bonchev–Trinajstić information content (AvgIpc) is 2.60. The number of rotatable bonds is 6. The van der Waals surface area contributed by atoms with Crippen LogP contribution < -0.4 is 10.6 Å². The molecule has 2 rings (SSSR count). The summed E-state index contributed by atoms with van der Waals surface area (Å²) < 4.78 is 0. The van der Waals surface area contributed by atoms with Gasteiger partial charge in [0.1, 0.15) is 0 Å². The van der Waals surface area contributed by atoms with Gasteiger partial charge in [-0.15, -0.1) is 0 Å². The van der Waals surface area contributed by atoms with Crippen LogP contribution in [0.15, 0.2) is 42.7 Å². The van der Waals surface area contributed by atoms with Gasteiger partial charge in [0.05, 0.1) is 11.1 Å². The van der Waals surface area contributed by atoms with Gasteiger partial charge in [-0.3, -0.25) is 14.6 Å². The van der Waals surface area contributed by atoms with E-state index in [0.717, 1.165) is 0 Å². The molecule has 2 amide bonds. The Labute approximate surface area is 148 Å². The molecule has 0 spiro atoms. The van der Waals surface area contributed by atoms with Gasteiger partial charge in [0.2, 0.25) is 0 Å². The standard InChI is InChI=1S/C20H25N3O2/c1-13(2)10-22-19(24)16-9-17(12-21-11-16)20(25)23-18-7-5-15(6-8-18)14(3)4/h5-9,11-14H,10H2,1-4H3,(H,22,24)(H,23,25). The smallest absolute Gasteiger partial charge is 0.257 e. The number of benzene rings is 1. The van der Waals surface area contributed by atoms with Crippen LogP contribution in [0.3, 0.4) is 0 Å². The molecule has 0 unspecified atom stereocenters. The third kappa shape index (κ3) is 5.41. The predicted molar refractivity (Wildman–Crippen MR) is 99.9 cm³/mol. The van der Waals surface area contributed by atoms with Gasteiger partial charge in [-0.2, -0.15) is 0 Å². The van der Waals surface area contributed by atoms with Crippen molar-refractivity contribution in [3.05, 3.63) is 59.4 Å². The zero-order valence-corrected chi connectivity index (χ0v) is 15.2. The molecule has 0 aliphatic heterocycles. The molecule has 25 heavy (non-hydrogen) atoms. The van der Waals surface area contributed by atoms with Crippen LogP contribution in [0, 0.1) is 5.92 Å². The maximum absolute atomic E-state index is 12.4. The molecule has 0 atom stereocenters. The molecule has 1 aromatic heterocycles. The van der Waals surface area contributed by atoms with Crippen molar-refractivity contribution in [3.8, 4) is 0 Å². The third-order valence-electron chi connectivity index (χ3n) is 3.77. The highest BCUT2D eigenvalue weighted by atomic mass is 16.2. The van der Waals surface area contributed by atoms with Crippen molar-refractivity contribution in [2.24, 2.45) is 5.92 Å². The highest BCUT2D eigenvalue weighted by Gasteiger charge is 2.12. The predicted octanol–water partition coefficient (Wildman–Crippen LogP) is 3.84. The van der Waals surface area contributed by atoms with E-state index in [-0.39, 0.29) is 11.8 Å². The summed E-state index contributed by atoms with van der Waals surface area (Å²) in [5, 5.41) is 5.65. The summed E-state index contributed by atoms with van der Waals surface area (Å²) >= 11 is 0. The molecule has 0 saturated carbocycles. The van der Waals surface area contributed by atoms with Crippen LogP contribution in [0.1, 0.15) is 59.9 Å². The van der Waals surface area contributed by atoms with E-state index in [9.17, 15) is 9.59 Å². The molecule has 5 heteroatoms. The third-order valence-corrected chi connectivity index (χ3v) is 3.77. The average molecular weight is 339 g/mol. The van der Waals surface area contributed by atoms with E-state index in [1.54, 1.807) is 6.07 Å². The van der Waals surface area contributed by atoms with Crippen molar-refractivity contribution in [3.63, 3.8) is 0 Å². The van der Waals surface area contributed by atoms with Crippen molar-refractivity contribution >= 4 is 17.5 Å². The van der Waals surface area contributed by atoms with E-state index in [4.69, 9.17) is 0 Å². The Morgan fingerprint density at radius 3 is 2.12 bits per heavy atom. The maximum Gasteiger partial charge on any atom is 0.257 e. The van der Waals surface area contributed by atoms with Crippen molar-refractivity contribution < 1.29 is 9.59 Å². The fraction of sp³-hybridized carbons (Fsp3) is 0.350. The lowest BCUT2D eigenvalue weighted by Gasteiger charge is -2.10. The highest BCUT2D eigenvalue weighted by molar-refractivity contribution is 6.05. The molecule has 5 nitrogen and oxygen atoms in total. The first-order valence-corrected chi connectivity index (χ1v) is 8.51. The fourth-order valence-corrected chi connectivity index (χ4v) is 2.24. The van der Waals surface area contributed by atoms with Gasteiger partial charge in [0.15, 0.2) is 0 Å². The highest BCUT2D eigenvalue weighted by Crippen LogP contribution is 2.17. The molecule has 0 radical (unpaired) electrons. The van der Waals surface area contributed by atoms with E-state index < -0.39 is 0 Å². The summed E-state index contributed by atoms with van der Waals surface area (Å²) in [5.41, 5.74) is 2.65. The molecule has 2 N–H and O–H groups in total. The Bertz CT molecular complexity index is 737. The topological polar surface area (TPSA) is 71.1 Å². The number of aromatic nitrogens is 1. The summed E-state index contributed by atoms with van der Waals surface area (Å²) in [6.07, 6.45) is 2.92. The Kier molecular flexibility index (Phi) is 6.28. The van der Waals surface area contributed by atoms with Crippen molar-refractivity contribution in [1.29, 1.82) is 0 Å². The van der Waals surface area contributed by atoms with Gasteiger partial charge in [0, 0.05) is 24.6 Å². The molecular weight excluding hydrogens is 314 g/mol. The number of carbonyl (C=O) groups excluding carboxylic acids is 2.